The van der Waals surface area contributed by atoms with Gasteiger partial charge in [0.15, 0.2) is 5.60 Å². The average Bonchev–Trinajstić information content (AvgIpc) is 3.12. The van der Waals surface area contributed by atoms with Crippen molar-refractivity contribution in [1.29, 1.82) is 0 Å². The third kappa shape index (κ3) is 4.01. The van der Waals surface area contributed by atoms with Crippen molar-refractivity contribution in [2.75, 3.05) is 18.4 Å². The normalized spacial score (nSPS) is 22.2. The van der Waals surface area contributed by atoms with Crippen molar-refractivity contribution < 1.29 is 22.4 Å². The van der Waals surface area contributed by atoms with Crippen molar-refractivity contribution in [3.05, 3.63) is 60.4 Å². The van der Waals surface area contributed by atoms with Crippen molar-refractivity contribution in [3.8, 4) is 0 Å². The zero-order chi connectivity index (χ0) is 20.5. The zero-order valence-corrected chi connectivity index (χ0v) is 16.4. The maximum atomic E-state index is 13.2. The predicted octanol–water partition coefficient (Wildman–Crippen LogP) is 2.76. The molecule has 9 heteroatoms. The highest BCUT2D eigenvalue weighted by molar-refractivity contribution is 7.89. The third-order valence-electron chi connectivity index (χ3n) is 5.09. The summed E-state index contributed by atoms with van der Waals surface area (Å²) < 4.78 is 40.3. The lowest BCUT2D eigenvalue weighted by atomic mass is 9.89. The van der Waals surface area contributed by atoms with Gasteiger partial charge in [-0.05, 0) is 49.2 Å². The highest BCUT2D eigenvalue weighted by Crippen LogP contribution is 2.35. The van der Waals surface area contributed by atoms with Crippen LogP contribution in [0.2, 0.25) is 0 Å². The van der Waals surface area contributed by atoms with E-state index in [0.29, 0.717) is 25.1 Å². The van der Waals surface area contributed by atoms with Crippen molar-refractivity contribution in [1.82, 2.24) is 4.31 Å². The van der Waals surface area contributed by atoms with Crippen molar-refractivity contribution in [2.45, 2.75) is 29.8 Å². The summed E-state index contributed by atoms with van der Waals surface area (Å²) in [5.74, 6) is -0.868. The van der Waals surface area contributed by atoms with Crippen LogP contribution in [0.3, 0.4) is 0 Å². The van der Waals surface area contributed by atoms with Crippen LogP contribution in [0, 0.1) is 5.82 Å². The molecule has 0 radical (unpaired) electrons. The first-order valence-electron chi connectivity index (χ1n) is 9.25. The number of anilines is 1. The van der Waals surface area contributed by atoms with Gasteiger partial charge in [0.2, 0.25) is 10.0 Å². The molecule has 4 rings (SSSR count). The summed E-state index contributed by atoms with van der Waals surface area (Å²) in [5.41, 5.74) is 0.00882. The molecule has 0 bridgehead atoms. The quantitative estimate of drug-likeness (QED) is 0.829. The van der Waals surface area contributed by atoms with Gasteiger partial charge in [-0.1, -0.05) is 23.4 Å². The Morgan fingerprint density at radius 3 is 2.59 bits per heavy atom. The summed E-state index contributed by atoms with van der Waals surface area (Å²) in [5, 5.41) is 6.70. The van der Waals surface area contributed by atoms with Gasteiger partial charge in [-0.2, -0.15) is 4.31 Å². The number of para-hydroxylation sites is 1. The standard InChI is InChI=1S/C20H20FN3O4S/c21-15-7-9-17(10-8-15)29(26,27)24-12-4-11-20(14-24)13-18(23-28-20)19(25)22-16-5-2-1-3-6-16/h1-3,5-10H,4,11-14H2,(H,22,25)/t20-/m1/s1. The molecule has 1 atom stereocenters. The molecule has 2 aliphatic rings. The SMILES string of the molecule is O=C(Nc1ccccc1)C1=NO[C@]2(CCCN(S(=O)(=O)c3ccc(F)cc3)C2)C1. The van der Waals surface area contributed by atoms with Gasteiger partial charge in [0.1, 0.15) is 11.5 Å². The Bertz CT molecular complexity index is 1040. The van der Waals surface area contributed by atoms with Gasteiger partial charge >= 0.3 is 0 Å². The van der Waals surface area contributed by atoms with E-state index < -0.39 is 21.4 Å². The molecule has 29 heavy (non-hydrogen) atoms. The first-order valence-corrected chi connectivity index (χ1v) is 10.7. The Hall–Kier alpha value is -2.78. The number of piperidine rings is 1. The van der Waals surface area contributed by atoms with Crippen molar-refractivity contribution in [2.24, 2.45) is 5.16 Å². The number of halogens is 1. The number of rotatable bonds is 4. The highest BCUT2D eigenvalue weighted by atomic mass is 32.2. The Morgan fingerprint density at radius 2 is 1.86 bits per heavy atom. The monoisotopic (exact) mass is 417 g/mol. The smallest absolute Gasteiger partial charge is 0.273 e. The van der Waals surface area contributed by atoms with E-state index in [1.807, 2.05) is 18.2 Å². The van der Waals surface area contributed by atoms with Crippen LogP contribution >= 0.6 is 0 Å². The lowest BCUT2D eigenvalue weighted by Gasteiger charge is -2.37. The van der Waals surface area contributed by atoms with Crippen LogP contribution in [-0.2, 0) is 19.7 Å². The number of benzene rings is 2. The van der Waals surface area contributed by atoms with Crippen LogP contribution in [-0.4, -0.2) is 43.0 Å². The molecule has 1 N–H and O–H groups in total. The van der Waals surface area contributed by atoms with Crippen LogP contribution in [0.4, 0.5) is 10.1 Å². The lowest BCUT2D eigenvalue weighted by Crippen LogP contribution is -2.50. The van der Waals surface area contributed by atoms with Crippen LogP contribution < -0.4 is 5.32 Å². The number of sulfonamides is 1. The Morgan fingerprint density at radius 1 is 1.14 bits per heavy atom. The second kappa shape index (κ2) is 7.57. The van der Waals surface area contributed by atoms with E-state index in [2.05, 4.69) is 10.5 Å². The number of oxime groups is 1. The Balaban J connectivity index is 1.46. The second-order valence-corrected chi connectivity index (χ2v) is 9.14. The fraction of sp³-hybridized carbons (Fsp3) is 0.300. The van der Waals surface area contributed by atoms with Crippen LogP contribution in [0.5, 0.6) is 0 Å². The van der Waals surface area contributed by atoms with E-state index in [1.165, 1.54) is 16.4 Å². The molecular formula is C20H20FN3O4S. The molecule has 0 aromatic heterocycles. The van der Waals surface area contributed by atoms with Gasteiger partial charge < -0.3 is 10.2 Å². The van der Waals surface area contributed by atoms with E-state index in [-0.39, 0.29) is 29.5 Å². The van der Waals surface area contributed by atoms with Gasteiger partial charge in [0.05, 0.1) is 11.4 Å². The highest BCUT2D eigenvalue weighted by Gasteiger charge is 2.47. The van der Waals surface area contributed by atoms with Gasteiger partial charge in [0, 0.05) is 18.7 Å². The minimum Gasteiger partial charge on any atom is -0.387 e. The predicted molar refractivity (Wildman–Crippen MR) is 105 cm³/mol. The number of carbonyl (C=O) groups excluding carboxylic acids is 1. The van der Waals surface area contributed by atoms with Gasteiger partial charge in [0.25, 0.3) is 5.91 Å². The average molecular weight is 417 g/mol. The van der Waals surface area contributed by atoms with Gasteiger partial charge in [-0.25, -0.2) is 12.8 Å². The first-order chi connectivity index (χ1) is 13.9. The molecule has 1 amide bonds. The maximum absolute atomic E-state index is 13.2. The molecule has 2 aromatic carbocycles. The second-order valence-electron chi connectivity index (χ2n) is 7.21. The van der Waals surface area contributed by atoms with Gasteiger partial charge in [-0.15, -0.1) is 0 Å². The molecule has 7 nitrogen and oxygen atoms in total. The molecule has 0 aliphatic carbocycles. The fourth-order valence-corrected chi connectivity index (χ4v) is 5.16. The molecular weight excluding hydrogens is 397 g/mol. The molecule has 2 aliphatic heterocycles. The number of nitrogens with one attached hydrogen (secondary N) is 1. The molecule has 2 heterocycles. The van der Waals surface area contributed by atoms with Crippen molar-refractivity contribution >= 4 is 27.3 Å². The summed E-state index contributed by atoms with van der Waals surface area (Å²) in [4.78, 5) is 18.1. The van der Waals surface area contributed by atoms with Crippen LogP contribution in [0.15, 0.2) is 64.6 Å². The molecule has 0 unspecified atom stereocenters. The maximum Gasteiger partial charge on any atom is 0.273 e. The van der Waals surface area contributed by atoms with E-state index in [1.54, 1.807) is 12.1 Å². The molecule has 1 spiro atoms. The number of hydrogen-bond donors (Lipinski definition) is 1. The van der Waals surface area contributed by atoms with E-state index >= 15 is 0 Å². The van der Waals surface area contributed by atoms with E-state index in [0.717, 1.165) is 12.1 Å². The fourth-order valence-electron chi connectivity index (χ4n) is 3.60. The Kier molecular flexibility index (Phi) is 5.10. The number of carbonyl (C=O) groups is 1. The summed E-state index contributed by atoms with van der Waals surface area (Å²) in [6, 6.07) is 13.7. The number of nitrogens with zero attached hydrogens (tertiary/aromatic N) is 2. The molecule has 0 saturated carbocycles. The summed E-state index contributed by atoms with van der Waals surface area (Å²) in [7, 11) is -3.79. The van der Waals surface area contributed by atoms with Crippen LogP contribution in [0.25, 0.3) is 0 Å². The summed E-state index contributed by atoms with van der Waals surface area (Å²) in [6.45, 7) is 0.411. The number of amides is 1. The number of hydrogen-bond acceptors (Lipinski definition) is 5. The molecule has 2 aromatic rings. The zero-order valence-electron chi connectivity index (χ0n) is 15.5. The third-order valence-corrected chi connectivity index (χ3v) is 6.95. The molecule has 1 fully saturated rings. The lowest BCUT2D eigenvalue weighted by molar-refractivity contribution is -0.110. The van der Waals surface area contributed by atoms with Crippen molar-refractivity contribution in [3.63, 3.8) is 0 Å². The summed E-state index contributed by atoms with van der Waals surface area (Å²) in [6.07, 6.45) is 1.39. The van der Waals surface area contributed by atoms with Crippen LogP contribution in [0.1, 0.15) is 19.3 Å². The minimum absolute atomic E-state index is 0.0249. The molecule has 1 saturated heterocycles. The van der Waals surface area contributed by atoms with Gasteiger partial charge in [-0.3, -0.25) is 4.79 Å². The first kappa shape index (κ1) is 19.5. The Labute approximate surface area is 168 Å². The van der Waals surface area contributed by atoms with E-state index in [9.17, 15) is 17.6 Å². The van der Waals surface area contributed by atoms with E-state index in [4.69, 9.17) is 4.84 Å². The summed E-state index contributed by atoms with van der Waals surface area (Å²) >= 11 is 0. The largest absolute Gasteiger partial charge is 0.387 e. The minimum atomic E-state index is -3.79. The topological polar surface area (TPSA) is 88.1 Å². The molecule has 152 valence electrons.